The number of fused-ring (bicyclic) bond motifs is 1. The Kier molecular flexibility index (Phi) is 3.77. The van der Waals surface area contributed by atoms with Gasteiger partial charge in [-0.1, -0.05) is 6.07 Å². The standard InChI is InChI=1S/C15H17N3O3/c1-10(18-15(19)12-8-16-9-17-12)11-3-4-13-14(7-11)21-6-2-5-20-13/h3-4,7-10H,2,5-6H2,1H3,(H,16,17)(H,18,19). The number of rotatable bonds is 3. The zero-order valence-corrected chi connectivity index (χ0v) is 11.8. The fraction of sp³-hybridized carbons (Fsp3) is 0.333. The maximum atomic E-state index is 12.0. The Morgan fingerprint density at radius 2 is 2.14 bits per heavy atom. The first-order valence-electron chi connectivity index (χ1n) is 6.93. The molecule has 0 radical (unpaired) electrons. The van der Waals surface area contributed by atoms with Crippen molar-refractivity contribution in [3.8, 4) is 11.5 Å². The topological polar surface area (TPSA) is 76.2 Å². The number of benzene rings is 1. The summed E-state index contributed by atoms with van der Waals surface area (Å²) in [6.07, 6.45) is 3.85. The van der Waals surface area contributed by atoms with E-state index < -0.39 is 0 Å². The lowest BCUT2D eigenvalue weighted by Crippen LogP contribution is -2.26. The molecule has 1 aromatic heterocycles. The van der Waals surface area contributed by atoms with Gasteiger partial charge in [-0.15, -0.1) is 0 Å². The van der Waals surface area contributed by atoms with Crippen LogP contribution in [0.3, 0.4) is 0 Å². The molecule has 0 fully saturated rings. The third-order valence-electron chi connectivity index (χ3n) is 3.36. The third kappa shape index (κ3) is 2.99. The average molecular weight is 287 g/mol. The fourth-order valence-corrected chi connectivity index (χ4v) is 2.19. The van der Waals surface area contributed by atoms with Gasteiger partial charge in [0.2, 0.25) is 0 Å². The summed E-state index contributed by atoms with van der Waals surface area (Å²) in [5.41, 5.74) is 1.41. The van der Waals surface area contributed by atoms with Gasteiger partial charge < -0.3 is 19.8 Å². The van der Waals surface area contributed by atoms with E-state index in [0.29, 0.717) is 18.9 Å². The summed E-state index contributed by atoms with van der Waals surface area (Å²) >= 11 is 0. The van der Waals surface area contributed by atoms with Gasteiger partial charge in [0.15, 0.2) is 11.5 Å². The van der Waals surface area contributed by atoms with Gasteiger partial charge in [0.25, 0.3) is 5.91 Å². The molecule has 3 rings (SSSR count). The Labute approximate surface area is 122 Å². The van der Waals surface area contributed by atoms with E-state index in [9.17, 15) is 4.79 Å². The van der Waals surface area contributed by atoms with E-state index in [0.717, 1.165) is 23.5 Å². The van der Waals surface area contributed by atoms with Gasteiger partial charge in [-0.25, -0.2) is 4.98 Å². The van der Waals surface area contributed by atoms with Crippen LogP contribution in [0.15, 0.2) is 30.7 Å². The summed E-state index contributed by atoms with van der Waals surface area (Å²) in [6.45, 7) is 3.23. The Bertz CT molecular complexity index is 625. The first kappa shape index (κ1) is 13.5. The largest absolute Gasteiger partial charge is 0.490 e. The molecule has 1 aliphatic rings. The highest BCUT2D eigenvalue weighted by molar-refractivity contribution is 5.92. The van der Waals surface area contributed by atoms with Crippen molar-refractivity contribution >= 4 is 5.91 Å². The van der Waals surface area contributed by atoms with Crippen molar-refractivity contribution < 1.29 is 14.3 Å². The predicted molar refractivity (Wildman–Crippen MR) is 76.5 cm³/mol. The van der Waals surface area contributed by atoms with E-state index >= 15 is 0 Å². The Balaban J connectivity index is 1.74. The molecule has 0 aliphatic carbocycles. The zero-order valence-electron chi connectivity index (χ0n) is 11.8. The Hall–Kier alpha value is -2.50. The summed E-state index contributed by atoms with van der Waals surface area (Å²) in [6, 6.07) is 5.59. The van der Waals surface area contributed by atoms with Crippen molar-refractivity contribution in [2.24, 2.45) is 0 Å². The highest BCUT2D eigenvalue weighted by Gasteiger charge is 2.16. The van der Waals surface area contributed by atoms with Crippen LogP contribution in [0.4, 0.5) is 0 Å². The number of hydrogen-bond donors (Lipinski definition) is 2. The first-order valence-corrected chi connectivity index (χ1v) is 6.93. The second-order valence-electron chi connectivity index (χ2n) is 4.92. The Morgan fingerprint density at radius 3 is 2.90 bits per heavy atom. The van der Waals surface area contributed by atoms with Gasteiger partial charge in [0.05, 0.1) is 31.8 Å². The number of nitrogens with one attached hydrogen (secondary N) is 2. The predicted octanol–water partition coefficient (Wildman–Crippen LogP) is 2.06. The molecule has 1 unspecified atom stereocenters. The lowest BCUT2D eigenvalue weighted by Gasteiger charge is -2.16. The molecule has 0 spiro atoms. The highest BCUT2D eigenvalue weighted by Crippen LogP contribution is 2.32. The summed E-state index contributed by atoms with van der Waals surface area (Å²) in [5, 5.41) is 2.91. The summed E-state index contributed by atoms with van der Waals surface area (Å²) in [5.74, 6) is 1.29. The SMILES string of the molecule is CC(NC(=O)c1cnc[nH]1)c1ccc2c(c1)OCCCO2. The van der Waals surface area contributed by atoms with E-state index in [2.05, 4.69) is 15.3 Å². The van der Waals surface area contributed by atoms with Crippen molar-refractivity contribution in [1.29, 1.82) is 0 Å². The van der Waals surface area contributed by atoms with Crippen LogP contribution in [0.2, 0.25) is 0 Å². The van der Waals surface area contributed by atoms with Gasteiger partial charge in [-0.05, 0) is 24.6 Å². The number of aromatic amines is 1. The van der Waals surface area contributed by atoms with Crippen molar-refractivity contribution in [2.75, 3.05) is 13.2 Å². The fourth-order valence-electron chi connectivity index (χ4n) is 2.19. The molecule has 1 aromatic carbocycles. The molecule has 1 aliphatic heterocycles. The molecule has 2 aromatic rings. The molecule has 0 saturated carbocycles. The smallest absolute Gasteiger partial charge is 0.269 e. The summed E-state index contributed by atoms with van der Waals surface area (Å²) in [4.78, 5) is 18.6. The lowest BCUT2D eigenvalue weighted by molar-refractivity contribution is 0.0935. The Morgan fingerprint density at radius 1 is 1.33 bits per heavy atom. The number of carbonyl (C=O) groups is 1. The molecule has 21 heavy (non-hydrogen) atoms. The molecule has 6 nitrogen and oxygen atoms in total. The number of ether oxygens (including phenoxy) is 2. The molecule has 2 heterocycles. The molecule has 0 bridgehead atoms. The van der Waals surface area contributed by atoms with Gasteiger partial charge >= 0.3 is 0 Å². The van der Waals surface area contributed by atoms with Crippen LogP contribution >= 0.6 is 0 Å². The number of amides is 1. The van der Waals surface area contributed by atoms with Crippen molar-refractivity contribution in [3.05, 3.63) is 42.0 Å². The molecule has 110 valence electrons. The van der Waals surface area contributed by atoms with Crippen LogP contribution in [0, 0.1) is 0 Å². The van der Waals surface area contributed by atoms with Gasteiger partial charge in [-0.2, -0.15) is 0 Å². The molecule has 6 heteroatoms. The van der Waals surface area contributed by atoms with Crippen molar-refractivity contribution in [2.45, 2.75) is 19.4 Å². The summed E-state index contributed by atoms with van der Waals surface area (Å²) in [7, 11) is 0. The van der Waals surface area contributed by atoms with E-state index in [1.165, 1.54) is 12.5 Å². The van der Waals surface area contributed by atoms with Crippen LogP contribution in [0.25, 0.3) is 0 Å². The van der Waals surface area contributed by atoms with Gasteiger partial charge in [0, 0.05) is 6.42 Å². The zero-order chi connectivity index (χ0) is 14.7. The minimum atomic E-state index is -0.188. The number of aromatic nitrogens is 2. The minimum absolute atomic E-state index is 0.141. The maximum Gasteiger partial charge on any atom is 0.269 e. The maximum absolute atomic E-state index is 12.0. The number of hydrogen-bond acceptors (Lipinski definition) is 4. The third-order valence-corrected chi connectivity index (χ3v) is 3.36. The molecule has 2 N–H and O–H groups in total. The van der Waals surface area contributed by atoms with Crippen LogP contribution in [-0.4, -0.2) is 29.1 Å². The van der Waals surface area contributed by atoms with E-state index in [1.807, 2.05) is 25.1 Å². The number of nitrogens with zero attached hydrogens (tertiary/aromatic N) is 1. The monoisotopic (exact) mass is 287 g/mol. The van der Waals surface area contributed by atoms with Gasteiger partial charge in [0.1, 0.15) is 5.69 Å². The van der Waals surface area contributed by atoms with Crippen molar-refractivity contribution in [1.82, 2.24) is 15.3 Å². The minimum Gasteiger partial charge on any atom is -0.490 e. The lowest BCUT2D eigenvalue weighted by atomic mass is 10.1. The van der Waals surface area contributed by atoms with Gasteiger partial charge in [-0.3, -0.25) is 4.79 Å². The van der Waals surface area contributed by atoms with Crippen LogP contribution in [0.5, 0.6) is 11.5 Å². The normalized spacial score (nSPS) is 15.1. The second kappa shape index (κ2) is 5.87. The molecule has 0 saturated heterocycles. The second-order valence-corrected chi connectivity index (χ2v) is 4.92. The molecular formula is C15H17N3O3. The van der Waals surface area contributed by atoms with Crippen molar-refractivity contribution in [3.63, 3.8) is 0 Å². The highest BCUT2D eigenvalue weighted by atomic mass is 16.5. The van der Waals surface area contributed by atoms with E-state index in [4.69, 9.17) is 9.47 Å². The van der Waals surface area contributed by atoms with Crippen LogP contribution in [-0.2, 0) is 0 Å². The number of H-pyrrole nitrogens is 1. The molecule has 1 atom stereocenters. The molecule has 1 amide bonds. The average Bonchev–Trinajstić information content (AvgIpc) is 2.92. The number of carbonyl (C=O) groups excluding carboxylic acids is 1. The number of imidazole rings is 1. The first-order chi connectivity index (χ1) is 10.2. The van der Waals surface area contributed by atoms with Crippen LogP contribution < -0.4 is 14.8 Å². The molecular weight excluding hydrogens is 270 g/mol. The van der Waals surface area contributed by atoms with E-state index in [1.54, 1.807) is 0 Å². The summed E-state index contributed by atoms with van der Waals surface area (Å²) < 4.78 is 11.3. The van der Waals surface area contributed by atoms with Crippen LogP contribution in [0.1, 0.15) is 35.4 Å². The van der Waals surface area contributed by atoms with E-state index in [-0.39, 0.29) is 11.9 Å². The quantitative estimate of drug-likeness (QED) is 0.906.